The molecule has 0 aliphatic rings. The molecule has 0 aliphatic heterocycles. The van der Waals surface area contributed by atoms with Crippen molar-refractivity contribution in [1.29, 1.82) is 0 Å². The highest BCUT2D eigenvalue weighted by atomic mass is 16.4. The number of aliphatic carboxylic acids is 1. The molecule has 0 atom stereocenters. The van der Waals surface area contributed by atoms with Crippen molar-refractivity contribution in [2.45, 2.75) is 83.5 Å². The molecular formula is C15H28O3. The second-order valence-electron chi connectivity index (χ2n) is 4.99. The molecule has 0 heterocycles. The summed E-state index contributed by atoms with van der Waals surface area (Å²) in [6.07, 6.45) is 15.0. The summed E-state index contributed by atoms with van der Waals surface area (Å²) in [6.45, 7) is 0. The Bertz CT molecular complexity index is 202. The van der Waals surface area contributed by atoms with Crippen LogP contribution >= 0.6 is 0 Å². The molecule has 0 aromatic carbocycles. The minimum Gasteiger partial charge on any atom is -0.481 e. The van der Waals surface area contributed by atoms with Gasteiger partial charge in [-0.3, -0.25) is 4.79 Å². The first-order valence-corrected chi connectivity index (χ1v) is 7.43. The minimum atomic E-state index is -0.676. The van der Waals surface area contributed by atoms with Gasteiger partial charge in [0, 0.05) is 12.8 Å². The number of unbranched alkanes of at least 4 members (excludes halogenated alkanes) is 11. The van der Waals surface area contributed by atoms with Crippen LogP contribution in [-0.4, -0.2) is 17.4 Å². The number of carboxylic acids is 1. The first-order chi connectivity index (χ1) is 8.77. The monoisotopic (exact) mass is 256 g/mol. The molecule has 0 aromatic rings. The lowest BCUT2D eigenvalue weighted by Crippen LogP contribution is -1.93. The van der Waals surface area contributed by atoms with Crippen molar-refractivity contribution >= 4 is 12.3 Å². The number of hydrogen-bond acceptors (Lipinski definition) is 2. The molecule has 0 aliphatic carbocycles. The van der Waals surface area contributed by atoms with Gasteiger partial charge in [0.1, 0.15) is 6.29 Å². The molecule has 0 bridgehead atoms. The van der Waals surface area contributed by atoms with Gasteiger partial charge in [0.25, 0.3) is 0 Å². The summed E-state index contributed by atoms with van der Waals surface area (Å²) < 4.78 is 0. The summed E-state index contributed by atoms with van der Waals surface area (Å²) in [7, 11) is 0. The van der Waals surface area contributed by atoms with E-state index in [0.29, 0.717) is 6.42 Å². The van der Waals surface area contributed by atoms with E-state index in [1.807, 2.05) is 0 Å². The van der Waals surface area contributed by atoms with Crippen LogP contribution in [0.15, 0.2) is 0 Å². The predicted octanol–water partition coefficient (Wildman–Crippen LogP) is 4.34. The predicted molar refractivity (Wildman–Crippen MR) is 73.7 cm³/mol. The second kappa shape index (κ2) is 14.2. The van der Waals surface area contributed by atoms with Crippen molar-refractivity contribution in [1.82, 2.24) is 0 Å². The first kappa shape index (κ1) is 17.1. The molecule has 0 fully saturated rings. The smallest absolute Gasteiger partial charge is 0.303 e. The van der Waals surface area contributed by atoms with E-state index in [0.717, 1.165) is 32.0 Å². The molecule has 0 radical (unpaired) electrons. The maximum absolute atomic E-state index is 10.3. The summed E-state index contributed by atoms with van der Waals surface area (Å²) in [5, 5.41) is 8.47. The summed E-state index contributed by atoms with van der Waals surface area (Å²) in [5.41, 5.74) is 0. The van der Waals surface area contributed by atoms with Crippen LogP contribution in [0, 0.1) is 0 Å². The highest BCUT2D eigenvalue weighted by Gasteiger charge is 1.96. The largest absolute Gasteiger partial charge is 0.481 e. The molecule has 3 nitrogen and oxygen atoms in total. The van der Waals surface area contributed by atoms with Crippen molar-refractivity contribution in [2.24, 2.45) is 0 Å². The van der Waals surface area contributed by atoms with Crippen LogP contribution in [0.3, 0.4) is 0 Å². The van der Waals surface area contributed by atoms with Gasteiger partial charge in [-0.2, -0.15) is 0 Å². The molecule has 0 saturated carbocycles. The van der Waals surface area contributed by atoms with Gasteiger partial charge in [0.05, 0.1) is 0 Å². The summed E-state index contributed by atoms with van der Waals surface area (Å²) >= 11 is 0. The van der Waals surface area contributed by atoms with Gasteiger partial charge >= 0.3 is 5.97 Å². The van der Waals surface area contributed by atoms with Gasteiger partial charge in [-0.15, -0.1) is 0 Å². The van der Waals surface area contributed by atoms with Crippen molar-refractivity contribution in [3.8, 4) is 0 Å². The Morgan fingerprint density at radius 2 is 1.11 bits per heavy atom. The minimum absolute atomic E-state index is 0.320. The van der Waals surface area contributed by atoms with Crippen molar-refractivity contribution < 1.29 is 14.7 Å². The average Bonchev–Trinajstić information content (AvgIpc) is 2.34. The molecule has 3 heteroatoms. The van der Waals surface area contributed by atoms with E-state index < -0.39 is 5.97 Å². The Kier molecular flexibility index (Phi) is 13.5. The van der Waals surface area contributed by atoms with Gasteiger partial charge in [-0.05, 0) is 12.8 Å². The third-order valence-electron chi connectivity index (χ3n) is 3.21. The van der Waals surface area contributed by atoms with Crippen molar-refractivity contribution in [2.75, 3.05) is 0 Å². The van der Waals surface area contributed by atoms with Gasteiger partial charge in [0.15, 0.2) is 0 Å². The van der Waals surface area contributed by atoms with Gasteiger partial charge in [0.2, 0.25) is 0 Å². The highest BCUT2D eigenvalue weighted by molar-refractivity contribution is 5.66. The quantitative estimate of drug-likeness (QED) is 0.371. The first-order valence-electron chi connectivity index (χ1n) is 7.43. The summed E-state index contributed by atoms with van der Waals surface area (Å²) in [5.74, 6) is -0.676. The summed E-state index contributed by atoms with van der Waals surface area (Å²) in [6, 6.07) is 0. The van der Waals surface area contributed by atoms with Crippen molar-refractivity contribution in [3.63, 3.8) is 0 Å². The van der Waals surface area contributed by atoms with Gasteiger partial charge in [-0.1, -0.05) is 57.8 Å². The Hall–Kier alpha value is -0.860. The fourth-order valence-corrected chi connectivity index (χ4v) is 2.09. The number of aldehydes is 1. The van der Waals surface area contributed by atoms with E-state index in [-0.39, 0.29) is 0 Å². The maximum atomic E-state index is 10.3. The third-order valence-corrected chi connectivity index (χ3v) is 3.21. The molecule has 0 rings (SSSR count). The molecule has 18 heavy (non-hydrogen) atoms. The fraction of sp³-hybridized carbons (Fsp3) is 0.867. The van der Waals surface area contributed by atoms with Gasteiger partial charge in [-0.25, -0.2) is 0 Å². The molecule has 0 saturated heterocycles. The van der Waals surface area contributed by atoms with E-state index in [9.17, 15) is 9.59 Å². The van der Waals surface area contributed by atoms with E-state index >= 15 is 0 Å². The Balaban J connectivity index is 2.94. The van der Waals surface area contributed by atoms with Crippen LogP contribution in [0.5, 0.6) is 0 Å². The summed E-state index contributed by atoms with van der Waals surface area (Å²) in [4.78, 5) is 20.4. The molecule has 0 unspecified atom stereocenters. The van der Waals surface area contributed by atoms with E-state index in [1.54, 1.807) is 0 Å². The van der Waals surface area contributed by atoms with E-state index in [2.05, 4.69) is 0 Å². The van der Waals surface area contributed by atoms with Crippen LogP contribution in [0.1, 0.15) is 83.5 Å². The second-order valence-corrected chi connectivity index (χ2v) is 4.99. The number of carboxylic acid groups (broad SMARTS) is 1. The standard InChI is InChI=1S/C15H28O3/c16-14-12-10-8-6-4-2-1-3-5-7-9-11-13-15(17)18/h14H,1-13H2,(H,17,18). The van der Waals surface area contributed by atoms with Crippen LogP contribution in [-0.2, 0) is 9.59 Å². The average molecular weight is 256 g/mol. The maximum Gasteiger partial charge on any atom is 0.303 e. The lowest BCUT2D eigenvalue weighted by molar-refractivity contribution is -0.137. The van der Waals surface area contributed by atoms with Crippen molar-refractivity contribution in [3.05, 3.63) is 0 Å². The van der Waals surface area contributed by atoms with E-state index in [4.69, 9.17) is 5.11 Å². The number of carbonyl (C=O) groups excluding carboxylic acids is 1. The Morgan fingerprint density at radius 3 is 1.50 bits per heavy atom. The third kappa shape index (κ3) is 15.1. The molecule has 106 valence electrons. The van der Waals surface area contributed by atoms with Crippen LogP contribution in [0.4, 0.5) is 0 Å². The van der Waals surface area contributed by atoms with Crippen LogP contribution in [0.25, 0.3) is 0 Å². The normalized spacial score (nSPS) is 10.4. The molecule has 0 amide bonds. The lowest BCUT2D eigenvalue weighted by Gasteiger charge is -2.02. The zero-order chi connectivity index (χ0) is 13.5. The van der Waals surface area contributed by atoms with Crippen LogP contribution < -0.4 is 0 Å². The van der Waals surface area contributed by atoms with E-state index in [1.165, 1.54) is 51.4 Å². The fourth-order valence-electron chi connectivity index (χ4n) is 2.09. The molecule has 0 aromatic heterocycles. The van der Waals surface area contributed by atoms with Gasteiger partial charge < -0.3 is 9.90 Å². The molecule has 1 N–H and O–H groups in total. The lowest BCUT2D eigenvalue weighted by atomic mass is 10.0. The number of hydrogen-bond donors (Lipinski definition) is 1. The highest BCUT2D eigenvalue weighted by Crippen LogP contribution is 2.12. The zero-order valence-electron chi connectivity index (χ0n) is 11.5. The molecular weight excluding hydrogens is 228 g/mol. The zero-order valence-corrected chi connectivity index (χ0v) is 11.5. The topological polar surface area (TPSA) is 54.4 Å². The molecule has 0 spiro atoms. The van der Waals surface area contributed by atoms with Crippen LogP contribution in [0.2, 0.25) is 0 Å². The number of rotatable bonds is 14. The Morgan fingerprint density at radius 1 is 0.722 bits per heavy atom. The number of carbonyl (C=O) groups is 2. The SMILES string of the molecule is O=CCCCCCCCCCCCCCC(=O)O. The Labute approximate surface area is 111 Å².